The van der Waals surface area contributed by atoms with E-state index in [9.17, 15) is 14.0 Å². The van der Waals surface area contributed by atoms with E-state index >= 15 is 0 Å². The molecule has 3 aromatic rings. The Bertz CT molecular complexity index is 1090. The molecule has 1 unspecified atom stereocenters. The fourth-order valence-corrected chi connectivity index (χ4v) is 4.93. The molecule has 0 aliphatic carbocycles. The third-order valence-corrected chi connectivity index (χ3v) is 7.10. The Morgan fingerprint density at radius 1 is 1.00 bits per heavy atom. The number of nitrogens with zero attached hydrogens (tertiary/aromatic N) is 2. The van der Waals surface area contributed by atoms with E-state index in [1.807, 2.05) is 41.8 Å². The predicted molar refractivity (Wildman–Crippen MR) is 136 cm³/mol. The van der Waals surface area contributed by atoms with Crippen molar-refractivity contribution in [3.63, 3.8) is 0 Å². The molecule has 1 aromatic heterocycles. The molecule has 35 heavy (non-hydrogen) atoms. The molecule has 184 valence electrons. The highest BCUT2D eigenvalue weighted by Crippen LogP contribution is 2.19. The van der Waals surface area contributed by atoms with E-state index in [2.05, 4.69) is 6.92 Å². The van der Waals surface area contributed by atoms with Crippen LogP contribution in [0.5, 0.6) is 0 Å². The van der Waals surface area contributed by atoms with Crippen LogP contribution in [0.1, 0.15) is 46.1 Å². The van der Waals surface area contributed by atoms with Crippen molar-refractivity contribution >= 4 is 23.2 Å². The van der Waals surface area contributed by atoms with Crippen molar-refractivity contribution in [2.45, 2.75) is 45.4 Å². The highest BCUT2D eigenvalue weighted by Gasteiger charge is 2.27. The van der Waals surface area contributed by atoms with Crippen molar-refractivity contribution in [3.8, 4) is 0 Å². The summed E-state index contributed by atoms with van der Waals surface area (Å²) in [5.74, 6) is -0.638. The Kier molecular flexibility index (Phi) is 8.66. The van der Waals surface area contributed by atoms with E-state index in [1.54, 1.807) is 33.3 Å². The molecule has 1 saturated heterocycles. The molecule has 1 aliphatic rings. The Morgan fingerprint density at radius 3 is 2.37 bits per heavy atom. The summed E-state index contributed by atoms with van der Waals surface area (Å²) in [6.07, 6.45) is 2.67. The number of thiophene rings is 1. The van der Waals surface area contributed by atoms with Crippen LogP contribution in [0.3, 0.4) is 0 Å². The van der Waals surface area contributed by atoms with Crippen LogP contribution in [-0.4, -0.2) is 47.4 Å². The van der Waals surface area contributed by atoms with E-state index in [0.29, 0.717) is 31.8 Å². The van der Waals surface area contributed by atoms with Crippen LogP contribution in [0.2, 0.25) is 0 Å². The molecule has 2 amide bonds. The van der Waals surface area contributed by atoms with Gasteiger partial charge in [-0.1, -0.05) is 37.3 Å². The summed E-state index contributed by atoms with van der Waals surface area (Å²) in [7, 11) is 0. The molecule has 1 fully saturated rings. The number of hydrogen-bond donors (Lipinski definition) is 0. The van der Waals surface area contributed by atoms with Crippen molar-refractivity contribution in [2.75, 3.05) is 19.7 Å². The van der Waals surface area contributed by atoms with E-state index in [-0.39, 0.29) is 30.3 Å². The molecule has 1 aliphatic heterocycles. The van der Waals surface area contributed by atoms with E-state index in [0.717, 1.165) is 35.3 Å². The van der Waals surface area contributed by atoms with Gasteiger partial charge in [0.15, 0.2) is 0 Å². The third-order valence-electron chi connectivity index (χ3n) is 6.24. The Hall–Kier alpha value is -3.03. The highest BCUT2D eigenvalue weighted by molar-refractivity contribution is 7.09. The summed E-state index contributed by atoms with van der Waals surface area (Å²) in [5, 5.41) is 1.98. The fourth-order valence-electron chi connectivity index (χ4n) is 4.22. The van der Waals surface area contributed by atoms with Gasteiger partial charge >= 0.3 is 0 Å². The monoisotopic (exact) mass is 494 g/mol. The van der Waals surface area contributed by atoms with E-state index in [1.165, 1.54) is 12.1 Å². The lowest BCUT2D eigenvalue weighted by molar-refractivity contribution is -0.133. The van der Waals surface area contributed by atoms with Crippen LogP contribution in [0.25, 0.3) is 0 Å². The second-order valence-corrected chi connectivity index (χ2v) is 9.86. The van der Waals surface area contributed by atoms with Gasteiger partial charge in [-0.15, -0.1) is 11.3 Å². The molecular formula is C28H31FN2O3S. The second kappa shape index (κ2) is 12.1. The number of amides is 2. The first-order valence-electron chi connectivity index (χ1n) is 12.1. The van der Waals surface area contributed by atoms with Gasteiger partial charge in [-0.25, -0.2) is 4.39 Å². The van der Waals surface area contributed by atoms with Gasteiger partial charge in [-0.3, -0.25) is 9.59 Å². The van der Waals surface area contributed by atoms with Crippen molar-refractivity contribution < 1.29 is 18.7 Å². The number of benzene rings is 2. The molecule has 0 radical (unpaired) electrons. The topological polar surface area (TPSA) is 49.9 Å². The lowest BCUT2D eigenvalue weighted by Crippen LogP contribution is -2.45. The summed E-state index contributed by atoms with van der Waals surface area (Å²) in [6.45, 7) is 3.86. The van der Waals surface area contributed by atoms with Crippen molar-refractivity contribution in [1.29, 1.82) is 0 Å². The van der Waals surface area contributed by atoms with Gasteiger partial charge in [0.05, 0.1) is 12.6 Å². The molecule has 7 heteroatoms. The minimum Gasteiger partial charge on any atom is -0.376 e. The van der Waals surface area contributed by atoms with Crippen LogP contribution in [0.15, 0.2) is 66.0 Å². The number of halogens is 1. The standard InChI is InChI=1S/C28H31FN2O3S/c1-2-21-7-11-23(12-8-21)28(33)31(18-25-5-3-15-34-25)20-27(32)30(19-26-6-4-16-35-26)17-22-9-13-24(29)14-10-22/h4,6-14,16,25H,2-3,5,15,17-20H2,1H3. The molecular weight excluding hydrogens is 463 g/mol. The van der Waals surface area contributed by atoms with Crippen LogP contribution >= 0.6 is 11.3 Å². The van der Waals surface area contributed by atoms with E-state index < -0.39 is 0 Å². The van der Waals surface area contributed by atoms with Gasteiger partial charge in [0.1, 0.15) is 12.4 Å². The average molecular weight is 495 g/mol. The Labute approximate surface area is 210 Å². The molecule has 0 N–H and O–H groups in total. The van der Waals surface area contributed by atoms with Crippen molar-refractivity contribution in [3.05, 3.63) is 93.4 Å². The van der Waals surface area contributed by atoms with Crippen molar-refractivity contribution in [2.24, 2.45) is 0 Å². The van der Waals surface area contributed by atoms with Crippen LogP contribution in [0.4, 0.5) is 4.39 Å². The average Bonchev–Trinajstić information content (AvgIpc) is 3.58. The number of carbonyl (C=O) groups excluding carboxylic acids is 2. The maximum atomic E-state index is 13.6. The number of rotatable bonds is 10. The third kappa shape index (κ3) is 6.99. The molecule has 0 bridgehead atoms. The zero-order valence-electron chi connectivity index (χ0n) is 20.0. The second-order valence-electron chi connectivity index (χ2n) is 8.83. The zero-order chi connectivity index (χ0) is 24.6. The SMILES string of the molecule is CCc1ccc(C(=O)N(CC(=O)N(Cc2ccc(F)cc2)Cc2cccs2)CC2CCCO2)cc1. The largest absolute Gasteiger partial charge is 0.376 e. The molecule has 0 saturated carbocycles. The smallest absolute Gasteiger partial charge is 0.254 e. The summed E-state index contributed by atoms with van der Waals surface area (Å²) in [5.41, 5.74) is 2.56. The predicted octanol–water partition coefficient (Wildman–Crippen LogP) is 5.30. The summed E-state index contributed by atoms with van der Waals surface area (Å²) in [6, 6.07) is 17.7. The number of aryl methyl sites for hydroxylation is 1. The highest BCUT2D eigenvalue weighted by atomic mass is 32.1. The fraction of sp³-hybridized carbons (Fsp3) is 0.357. The number of carbonyl (C=O) groups is 2. The maximum Gasteiger partial charge on any atom is 0.254 e. The van der Waals surface area contributed by atoms with Gasteiger partial charge in [-0.2, -0.15) is 0 Å². The lowest BCUT2D eigenvalue weighted by atomic mass is 10.1. The molecule has 5 nitrogen and oxygen atoms in total. The van der Waals surface area contributed by atoms with Crippen LogP contribution in [-0.2, 0) is 29.0 Å². The van der Waals surface area contributed by atoms with Gasteiger partial charge in [0.2, 0.25) is 5.91 Å². The van der Waals surface area contributed by atoms with Gasteiger partial charge in [0.25, 0.3) is 5.91 Å². The summed E-state index contributed by atoms with van der Waals surface area (Å²) >= 11 is 1.58. The van der Waals surface area contributed by atoms with Gasteiger partial charge in [0, 0.05) is 30.1 Å². The van der Waals surface area contributed by atoms with Gasteiger partial charge < -0.3 is 14.5 Å². The quantitative estimate of drug-likeness (QED) is 0.384. The minimum atomic E-state index is -0.313. The first-order valence-corrected chi connectivity index (χ1v) is 12.9. The zero-order valence-corrected chi connectivity index (χ0v) is 20.8. The van der Waals surface area contributed by atoms with Crippen molar-refractivity contribution in [1.82, 2.24) is 9.80 Å². The molecule has 4 rings (SSSR count). The maximum absolute atomic E-state index is 13.6. The summed E-state index contributed by atoms with van der Waals surface area (Å²) in [4.78, 5) is 31.4. The van der Waals surface area contributed by atoms with Crippen LogP contribution < -0.4 is 0 Å². The lowest BCUT2D eigenvalue weighted by Gasteiger charge is -2.29. The van der Waals surface area contributed by atoms with Crippen LogP contribution in [0, 0.1) is 5.82 Å². The summed E-state index contributed by atoms with van der Waals surface area (Å²) < 4.78 is 19.2. The number of hydrogen-bond acceptors (Lipinski definition) is 4. The molecule has 0 spiro atoms. The minimum absolute atomic E-state index is 0.0409. The van der Waals surface area contributed by atoms with Gasteiger partial charge in [-0.05, 0) is 66.1 Å². The van der Waals surface area contributed by atoms with E-state index in [4.69, 9.17) is 4.74 Å². The first kappa shape index (κ1) is 25.1. The number of ether oxygens (including phenoxy) is 1. The Morgan fingerprint density at radius 2 is 1.74 bits per heavy atom. The molecule has 2 heterocycles. The first-order chi connectivity index (χ1) is 17.0. The molecule has 2 aromatic carbocycles. The Balaban J connectivity index is 1.54. The normalized spacial score (nSPS) is 15.2. The molecule has 1 atom stereocenters.